The van der Waals surface area contributed by atoms with Crippen molar-refractivity contribution in [2.45, 2.75) is 50.7 Å². The number of benzene rings is 2. The van der Waals surface area contributed by atoms with Crippen LogP contribution in [0.4, 0.5) is 0 Å². The van der Waals surface area contributed by atoms with Crippen molar-refractivity contribution in [2.75, 3.05) is 5.75 Å². The molecule has 2 aromatic rings. The number of hydrogen-bond donors (Lipinski definition) is 1. The van der Waals surface area contributed by atoms with Gasteiger partial charge in [-0.2, -0.15) is 0 Å². The van der Waals surface area contributed by atoms with E-state index in [1.807, 2.05) is 39.0 Å². The summed E-state index contributed by atoms with van der Waals surface area (Å²) >= 11 is 19.5. The molecule has 0 radical (unpaired) electrons. The van der Waals surface area contributed by atoms with Gasteiger partial charge in [-0.05, 0) is 62.2 Å². The normalized spacial score (nSPS) is 12.0. The number of nitrogens with zero attached hydrogens (tertiary/aromatic N) is 1. The molecule has 2 amide bonds. The van der Waals surface area contributed by atoms with Gasteiger partial charge in [0.05, 0.1) is 15.8 Å². The highest BCUT2D eigenvalue weighted by Crippen LogP contribution is 2.25. The monoisotopic (exact) mass is 486 g/mol. The van der Waals surface area contributed by atoms with E-state index in [4.69, 9.17) is 34.8 Å². The van der Waals surface area contributed by atoms with E-state index < -0.39 is 6.04 Å². The molecule has 0 fully saturated rings. The van der Waals surface area contributed by atoms with E-state index in [-0.39, 0.29) is 30.2 Å². The Labute approximate surface area is 197 Å². The van der Waals surface area contributed by atoms with Crippen LogP contribution in [0.1, 0.15) is 32.8 Å². The first-order valence-corrected chi connectivity index (χ1v) is 11.7. The zero-order valence-electron chi connectivity index (χ0n) is 17.1. The lowest BCUT2D eigenvalue weighted by Gasteiger charge is -2.31. The van der Waals surface area contributed by atoms with E-state index in [9.17, 15) is 9.59 Å². The average Bonchev–Trinajstić information content (AvgIpc) is 2.69. The molecule has 0 spiro atoms. The van der Waals surface area contributed by atoms with E-state index in [0.29, 0.717) is 21.5 Å². The third-order valence-corrected chi connectivity index (χ3v) is 6.32. The van der Waals surface area contributed by atoms with Gasteiger partial charge in [-0.25, -0.2) is 0 Å². The van der Waals surface area contributed by atoms with Crippen molar-refractivity contribution >= 4 is 58.4 Å². The van der Waals surface area contributed by atoms with Crippen LogP contribution in [-0.2, 0) is 16.1 Å². The molecule has 0 aliphatic heterocycles. The predicted molar refractivity (Wildman–Crippen MR) is 127 cm³/mol. The molecule has 2 aromatic carbocycles. The van der Waals surface area contributed by atoms with Crippen LogP contribution in [0.2, 0.25) is 15.1 Å². The number of thioether (sulfide) groups is 1. The minimum atomic E-state index is -0.583. The largest absolute Gasteiger partial charge is 0.352 e. The number of carbonyl (C=O) groups excluding carboxylic acids is 2. The van der Waals surface area contributed by atoms with Crippen LogP contribution in [-0.4, -0.2) is 34.6 Å². The van der Waals surface area contributed by atoms with E-state index >= 15 is 0 Å². The minimum absolute atomic E-state index is 0.0167. The first kappa shape index (κ1) is 24.9. The number of nitrogens with one attached hydrogen (secondary N) is 1. The number of amides is 2. The Balaban J connectivity index is 2.23. The van der Waals surface area contributed by atoms with Gasteiger partial charge in [0.15, 0.2) is 0 Å². The maximum Gasteiger partial charge on any atom is 0.243 e. The lowest BCUT2D eigenvalue weighted by atomic mass is 10.1. The molecule has 1 unspecified atom stereocenters. The number of halogens is 3. The first-order chi connectivity index (χ1) is 14.2. The summed E-state index contributed by atoms with van der Waals surface area (Å²) in [4.78, 5) is 28.5. The molecule has 1 N–H and O–H groups in total. The van der Waals surface area contributed by atoms with Crippen molar-refractivity contribution in [3.05, 3.63) is 63.1 Å². The Morgan fingerprint density at radius 1 is 1.03 bits per heavy atom. The second-order valence-electron chi connectivity index (χ2n) is 7.10. The topological polar surface area (TPSA) is 49.4 Å². The Kier molecular flexibility index (Phi) is 9.82. The lowest BCUT2D eigenvalue weighted by Crippen LogP contribution is -2.50. The number of hydrogen-bond acceptors (Lipinski definition) is 3. The van der Waals surface area contributed by atoms with Crippen LogP contribution in [0.3, 0.4) is 0 Å². The second-order valence-corrected chi connectivity index (χ2v) is 9.40. The number of rotatable bonds is 9. The van der Waals surface area contributed by atoms with Crippen molar-refractivity contribution < 1.29 is 9.59 Å². The van der Waals surface area contributed by atoms with Gasteiger partial charge in [0.25, 0.3) is 0 Å². The first-order valence-electron chi connectivity index (χ1n) is 9.63. The van der Waals surface area contributed by atoms with Crippen LogP contribution in [0, 0.1) is 0 Å². The highest BCUT2D eigenvalue weighted by molar-refractivity contribution is 8.00. The highest BCUT2D eigenvalue weighted by Gasteiger charge is 2.29. The molecule has 0 heterocycles. The summed E-state index contributed by atoms with van der Waals surface area (Å²) in [5, 5.41) is 4.42. The molecule has 0 saturated heterocycles. The third-order valence-electron chi connectivity index (χ3n) is 4.33. The zero-order chi connectivity index (χ0) is 22.3. The van der Waals surface area contributed by atoms with Gasteiger partial charge in [-0.15, -0.1) is 11.8 Å². The van der Waals surface area contributed by atoms with E-state index in [2.05, 4.69) is 5.32 Å². The quantitative estimate of drug-likeness (QED) is 0.437. The number of carbonyl (C=O) groups is 2. The maximum absolute atomic E-state index is 13.2. The summed E-state index contributed by atoms with van der Waals surface area (Å²) in [6, 6.07) is 11.9. The molecule has 162 valence electrons. The third kappa shape index (κ3) is 7.38. The molecule has 0 aliphatic rings. The van der Waals surface area contributed by atoms with Crippen molar-refractivity contribution in [2.24, 2.45) is 0 Å². The van der Waals surface area contributed by atoms with Gasteiger partial charge in [0.2, 0.25) is 11.8 Å². The van der Waals surface area contributed by atoms with Gasteiger partial charge >= 0.3 is 0 Å². The summed E-state index contributed by atoms with van der Waals surface area (Å²) < 4.78 is 0. The summed E-state index contributed by atoms with van der Waals surface area (Å²) in [5.41, 5.74) is 0.810. The van der Waals surface area contributed by atoms with Gasteiger partial charge in [0, 0.05) is 22.5 Å². The molecule has 30 heavy (non-hydrogen) atoms. The van der Waals surface area contributed by atoms with Crippen LogP contribution in [0.15, 0.2) is 47.4 Å². The summed E-state index contributed by atoms with van der Waals surface area (Å²) in [5.74, 6) is -0.0989. The molecule has 4 nitrogen and oxygen atoms in total. The van der Waals surface area contributed by atoms with Crippen LogP contribution < -0.4 is 5.32 Å². The SMILES string of the molecule is CCC(C(=O)NC(C)C)N(Cc1ccc(Cl)c(Cl)c1)C(=O)CSc1ccc(Cl)cc1. The van der Waals surface area contributed by atoms with Gasteiger partial charge in [0.1, 0.15) is 6.04 Å². The highest BCUT2D eigenvalue weighted by atomic mass is 35.5. The molecule has 0 aromatic heterocycles. The van der Waals surface area contributed by atoms with Crippen LogP contribution in [0.5, 0.6) is 0 Å². The standard InChI is InChI=1S/C22H25Cl3N2O2S/c1-4-20(22(29)26-14(2)3)27(12-15-5-10-18(24)19(25)11-15)21(28)13-30-17-8-6-16(23)7-9-17/h5-11,14,20H,4,12-13H2,1-3H3,(H,26,29). The van der Waals surface area contributed by atoms with Crippen molar-refractivity contribution in [1.29, 1.82) is 0 Å². The summed E-state index contributed by atoms with van der Waals surface area (Å²) in [6.45, 7) is 5.95. The van der Waals surface area contributed by atoms with E-state index in [1.165, 1.54) is 11.8 Å². The molecule has 0 saturated carbocycles. The Morgan fingerprint density at radius 3 is 2.27 bits per heavy atom. The Hall–Kier alpha value is -1.40. The summed E-state index contributed by atoms with van der Waals surface area (Å²) in [7, 11) is 0. The van der Waals surface area contributed by atoms with Crippen LogP contribution >= 0.6 is 46.6 Å². The lowest BCUT2D eigenvalue weighted by molar-refractivity contribution is -0.139. The maximum atomic E-state index is 13.2. The van der Waals surface area contributed by atoms with Gasteiger partial charge < -0.3 is 10.2 Å². The smallest absolute Gasteiger partial charge is 0.243 e. The molecular weight excluding hydrogens is 463 g/mol. The average molecular weight is 488 g/mol. The fraction of sp³-hybridized carbons (Fsp3) is 0.364. The summed E-state index contributed by atoms with van der Waals surface area (Å²) in [6.07, 6.45) is 0.497. The van der Waals surface area contributed by atoms with E-state index in [0.717, 1.165) is 10.5 Å². The van der Waals surface area contributed by atoms with Crippen molar-refractivity contribution in [3.63, 3.8) is 0 Å². The minimum Gasteiger partial charge on any atom is -0.352 e. The van der Waals surface area contributed by atoms with Gasteiger partial charge in [-0.1, -0.05) is 47.8 Å². The molecule has 8 heteroatoms. The Morgan fingerprint density at radius 2 is 1.70 bits per heavy atom. The second kappa shape index (κ2) is 11.8. The van der Waals surface area contributed by atoms with E-state index in [1.54, 1.807) is 29.2 Å². The van der Waals surface area contributed by atoms with Gasteiger partial charge in [-0.3, -0.25) is 9.59 Å². The molecule has 0 aliphatic carbocycles. The van der Waals surface area contributed by atoms with Crippen molar-refractivity contribution in [3.8, 4) is 0 Å². The Bertz CT molecular complexity index is 875. The van der Waals surface area contributed by atoms with Crippen molar-refractivity contribution in [1.82, 2.24) is 10.2 Å². The molecule has 1 atom stereocenters. The molecular formula is C22H25Cl3N2O2S. The fourth-order valence-corrected chi connectivity index (χ4v) is 4.12. The van der Waals surface area contributed by atoms with Crippen LogP contribution in [0.25, 0.3) is 0 Å². The predicted octanol–water partition coefficient (Wildman–Crippen LogP) is 6.07. The molecule has 2 rings (SSSR count). The fourth-order valence-electron chi connectivity index (χ4n) is 2.89. The zero-order valence-corrected chi connectivity index (χ0v) is 20.2. The molecule has 0 bridgehead atoms.